The molecule has 0 fully saturated rings. The normalized spacial score (nSPS) is 15.9. The molecule has 1 unspecified atom stereocenters. The number of methoxy groups -OCH3 is 1. The van der Waals surface area contributed by atoms with Crippen molar-refractivity contribution >= 4 is 22.7 Å². The second kappa shape index (κ2) is 5.94. The summed E-state index contributed by atoms with van der Waals surface area (Å²) in [6.45, 7) is 1.92. The topological polar surface area (TPSA) is 91.7 Å². The summed E-state index contributed by atoms with van der Waals surface area (Å²) in [6, 6.07) is 13.0. The van der Waals surface area contributed by atoms with Crippen LogP contribution in [0.15, 0.2) is 47.5 Å². The molecule has 0 spiro atoms. The van der Waals surface area contributed by atoms with Gasteiger partial charge in [0.15, 0.2) is 12.2 Å². The molecule has 3 N–H and O–H groups in total. The number of aliphatic hydroxyl groups is 1. The largest absolute Gasteiger partial charge is 0.497 e. The molecule has 0 saturated carbocycles. The molecule has 7 nitrogen and oxygen atoms in total. The highest BCUT2D eigenvalue weighted by molar-refractivity contribution is 5.83. The Bertz CT molecular complexity index is 1080. The van der Waals surface area contributed by atoms with Crippen LogP contribution in [0.1, 0.15) is 5.69 Å². The summed E-state index contributed by atoms with van der Waals surface area (Å²) in [5.74, 6) is 1.27. The van der Waals surface area contributed by atoms with Gasteiger partial charge in [-0.15, -0.1) is 0 Å². The fraction of sp³-hybridized carbons (Fsp3) is 0.167. The number of para-hydroxylation sites is 1. The van der Waals surface area contributed by atoms with Crippen LogP contribution in [0.2, 0.25) is 0 Å². The second-order valence-corrected chi connectivity index (χ2v) is 5.70. The van der Waals surface area contributed by atoms with Crippen molar-refractivity contribution in [3.05, 3.63) is 58.7 Å². The van der Waals surface area contributed by atoms with Gasteiger partial charge in [-0.05, 0) is 37.3 Å². The van der Waals surface area contributed by atoms with E-state index in [4.69, 9.17) is 4.74 Å². The Morgan fingerprint density at radius 3 is 2.84 bits per heavy atom. The molecule has 3 aromatic rings. The van der Waals surface area contributed by atoms with Crippen LogP contribution in [0.25, 0.3) is 16.8 Å². The number of fused-ring (bicyclic) bond motifs is 2. The Labute approximate surface area is 143 Å². The molecular weight excluding hydrogens is 318 g/mol. The lowest BCUT2D eigenvalue weighted by Crippen LogP contribution is -2.46. The molecule has 0 aliphatic carbocycles. The SMILES string of the molecule is COc1ccc2nc(NC3N=c4ccccc4=C(O)N3)nc(C)c2c1. The number of hydrogen-bond acceptors (Lipinski definition) is 7. The van der Waals surface area contributed by atoms with E-state index < -0.39 is 6.29 Å². The van der Waals surface area contributed by atoms with Gasteiger partial charge in [-0.3, -0.25) is 0 Å². The summed E-state index contributed by atoms with van der Waals surface area (Å²) in [6.07, 6.45) is -0.551. The molecule has 1 aromatic heterocycles. The first kappa shape index (κ1) is 15.2. The van der Waals surface area contributed by atoms with Crippen LogP contribution < -0.4 is 25.9 Å². The van der Waals surface area contributed by atoms with E-state index in [0.29, 0.717) is 16.5 Å². The molecule has 7 heteroatoms. The molecule has 25 heavy (non-hydrogen) atoms. The minimum absolute atomic E-state index is 0.0744. The van der Waals surface area contributed by atoms with Crippen LogP contribution in [-0.2, 0) is 0 Å². The van der Waals surface area contributed by atoms with Gasteiger partial charge in [-0.2, -0.15) is 0 Å². The molecule has 0 bridgehead atoms. The number of hydrogen-bond donors (Lipinski definition) is 3. The van der Waals surface area contributed by atoms with Gasteiger partial charge in [-0.25, -0.2) is 15.0 Å². The van der Waals surface area contributed by atoms with Crippen molar-refractivity contribution in [2.24, 2.45) is 4.99 Å². The number of ether oxygens (including phenoxy) is 1. The molecule has 1 aliphatic heterocycles. The maximum atomic E-state index is 10.1. The average molecular weight is 335 g/mol. The maximum absolute atomic E-state index is 10.1. The summed E-state index contributed by atoms with van der Waals surface area (Å²) >= 11 is 0. The number of aliphatic hydroxyl groups excluding tert-OH is 1. The average Bonchev–Trinajstić information content (AvgIpc) is 2.61. The Morgan fingerprint density at radius 1 is 1.16 bits per heavy atom. The van der Waals surface area contributed by atoms with Gasteiger partial charge in [0.05, 0.1) is 28.9 Å². The number of aryl methyl sites for hydroxylation is 1. The van der Waals surface area contributed by atoms with Gasteiger partial charge < -0.3 is 20.5 Å². The van der Waals surface area contributed by atoms with E-state index in [2.05, 4.69) is 25.6 Å². The zero-order valence-electron chi connectivity index (χ0n) is 13.8. The van der Waals surface area contributed by atoms with Gasteiger partial charge in [0.1, 0.15) is 5.75 Å². The molecule has 4 rings (SSSR count). The lowest BCUT2D eigenvalue weighted by atomic mass is 10.2. The first-order valence-corrected chi connectivity index (χ1v) is 7.85. The number of aromatic nitrogens is 2. The minimum Gasteiger partial charge on any atom is -0.497 e. The van der Waals surface area contributed by atoms with Gasteiger partial charge in [0.25, 0.3) is 0 Å². The molecule has 0 amide bonds. The Morgan fingerprint density at radius 2 is 2.00 bits per heavy atom. The number of rotatable bonds is 3. The van der Waals surface area contributed by atoms with Crippen molar-refractivity contribution in [1.29, 1.82) is 0 Å². The smallest absolute Gasteiger partial charge is 0.226 e. The van der Waals surface area contributed by atoms with Crippen molar-refractivity contribution in [2.45, 2.75) is 13.2 Å². The second-order valence-electron chi connectivity index (χ2n) is 5.70. The Balaban J connectivity index is 1.69. The number of anilines is 1. The van der Waals surface area contributed by atoms with E-state index in [0.717, 1.165) is 22.3 Å². The van der Waals surface area contributed by atoms with Crippen LogP contribution in [-0.4, -0.2) is 28.5 Å². The van der Waals surface area contributed by atoms with Crippen LogP contribution in [0, 0.1) is 6.92 Å². The molecule has 0 saturated heterocycles. The molecule has 126 valence electrons. The molecule has 0 radical (unpaired) electrons. The van der Waals surface area contributed by atoms with Gasteiger partial charge in [0.2, 0.25) is 5.95 Å². The van der Waals surface area contributed by atoms with Crippen LogP contribution in [0.3, 0.4) is 0 Å². The third-order valence-electron chi connectivity index (χ3n) is 4.06. The zero-order valence-corrected chi connectivity index (χ0v) is 13.8. The summed E-state index contributed by atoms with van der Waals surface area (Å²) in [4.78, 5) is 13.5. The van der Waals surface area contributed by atoms with Crippen LogP contribution in [0.5, 0.6) is 5.75 Å². The molecule has 1 aliphatic rings. The quantitative estimate of drug-likeness (QED) is 0.666. The number of nitrogens with one attached hydrogen (secondary N) is 2. The number of nitrogens with zero attached hydrogens (tertiary/aromatic N) is 3. The summed E-state index contributed by atoms with van der Waals surface area (Å²) in [7, 11) is 1.63. The van der Waals surface area contributed by atoms with E-state index in [1.165, 1.54) is 0 Å². The lowest BCUT2D eigenvalue weighted by Gasteiger charge is -2.20. The first-order chi connectivity index (χ1) is 12.1. The number of benzene rings is 2. The van der Waals surface area contributed by atoms with Crippen molar-refractivity contribution in [2.75, 3.05) is 12.4 Å². The van der Waals surface area contributed by atoms with E-state index in [9.17, 15) is 5.11 Å². The Hall–Kier alpha value is -3.35. The van der Waals surface area contributed by atoms with Gasteiger partial charge >= 0.3 is 0 Å². The van der Waals surface area contributed by atoms with Crippen LogP contribution >= 0.6 is 0 Å². The third-order valence-corrected chi connectivity index (χ3v) is 4.06. The summed E-state index contributed by atoms with van der Waals surface area (Å²) in [5, 5.41) is 18.5. The lowest BCUT2D eigenvalue weighted by molar-refractivity contribution is 0.415. The van der Waals surface area contributed by atoms with Crippen LogP contribution in [0.4, 0.5) is 5.95 Å². The van der Waals surface area contributed by atoms with Crippen molar-refractivity contribution in [3.8, 4) is 5.75 Å². The molecule has 2 heterocycles. The minimum atomic E-state index is -0.551. The highest BCUT2D eigenvalue weighted by Gasteiger charge is 2.15. The fourth-order valence-electron chi connectivity index (χ4n) is 2.81. The van der Waals surface area contributed by atoms with Gasteiger partial charge in [-0.1, -0.05) is 12.1 Å². The zero-order chi connectivity index (χ0) is 17.4. The van der Waals surface area contributed by atoms with E-state index in [-0.39, 0.29) is 5.88 Å². The summed E-state index contributed by atoms with van der Waals surface area (Å²) < 4.78 is 5.25. The highest BCUT2D eigenvalue weighted by Crippen LogP contribution is 2.22. The predicted octanol–water partition coefficient (Wildman–Crippen LogP) is 1.19. The molecular formula is C18H17N5O2. The molecule has 2 aromatic carbocycles. The van der Waals surface area contributed by atoms with E-state index in [1.54, 1.807) is 13.2 Å². The van der Waals surface area contributed by atoms with Crippen molar-refractivity contribution in [1.82, 2.24) is 15.3 Å². The Kier molecular flexibility index (Phi) is 3.61. The maximum Gasteiger partial charge on any atom is 0.226 e. The standard InChI is InChI=1S/C18H17N5O2/c1-10-13-9-11(25-2)7-8-15(13)21-17(19-10)23-18-20-14-6-4-3-5-12(14)16(24)22-18/h3-9,18,22,24H,1-2H3,(H,19,21,23). The fourth-order valence-corrected chi connectivity index (χ4v) is 2.81. The first-order valence-electron chi connectivity index (χ1n) is 7.85. The van der Waals surface area contributed by atoms with E-state index >= 15 is 0 Å². The van der Waals surface area contributed by atoms with Gasteiger partial charge in [0, 0.05) is 5.39 Å². The summed E-state index contributed by atoms with van der Waals surface area (Å²) in [5.41, 5.74) is 1.64. The highest BCUT2D eigenvalue weighted by atomic mass is 16.5. The van der Waals surface area contributed by atoms with Crippen molar-refractivity contribution in [3.63, 3.8) is 0 Å². The third kappa shape index (κ3) is 2.80. The van der Waals surface area contributed by atoms with E-state index in [1.807, 2.05) is 43.3 Å². The monoisotopic (exact) mass is 335 g/mol. The van der Waals surface area contributed by atoms with Crippen molar-refractivity contribution < 1.29 is 9.84 Å². The predicted molar refractivity (Wildman–Crippen MR) is 94.6 cm³/mol. The molecule has 1 atom stereocenters.